The highest BCUT2D eigenvalue weighted by Gasteiger charge is 2.45. The van der Waals surface area contributed by atoms with E-state index in [4.69, 9.17) is 9.47 Å². The van der Waals surface area contributed by atoms with Gasteiger partial charge in [-0.1, -0.05) is 31.5 Å². The maximum Gasteiger partial charge on any atom is 0.375 e. The fourth-order valence-corrected chi connectivity index (χ4v) is 3.97. The van der Waals surface area contributed by atoms with Gasteiger partial charge < -0.3 is 9.47 Å². The van der Waals surface area contributed by atoms with E-state index in [1.54, 1.807) is 25.1 Å². The second kappa shape index (κ2) is 7.39. The van der Waals surface area contributed by atoms with Crippen LogP contribution < -0.4 is 4.74 Å². The van der Waals surface area contributed by atoms with Crippen molar-refractivity contribution in [3.05, 3.63) is 65.7 Å². The molecule has 0 aromatic heterocycles. The van der Waals surface area contributed by atoms with Crippen molar-refractivity contribution in [1.82, 2.24) is 0 Å². The zero-order valence-electron chi connectivity index (χ0n) is 15.9. The first-order chi connectivity index (χ1) is 13.1. The molecular weight excluding hydrogens is 383 g/mol. The van der Waals surface area contributed by atoms with E-state index >= 15 is 0 Å². The molecule has 2 aromatic carbocycles. The first-order valence-electron chi connectivity index (χ1n) is 8.86. The summed E-state index contributed by atoms with van der Waals surface area (Å²) in [5.74, 6) is -0.964. The van der Waals surface area contributed by atoms with Gasteiger partial charge in [-0.25, -0.2) is 17.6 Å². The fraction of sp³-hybridized carbons (Fsp3) is 0.286. The number of cyclic esters (lactones) is 1. The Morgan fingerprint density at radius 3 is 2.39 bits per heavy atom. The SMILES string of the molecule is CCCC1(C)OC(=O)C(Oc2cccc(F)c2)=C1c1ccc(S(C)(=O)=O)cc1. The number of ether oxygens (including phenoxy) is 2. The molecule has 148 valence electrons. The Balaban J connectivity index is 2.12. The Hall–Kier alpha value is -2.67. The number of esters is 1. The Bertz CT molecular complexity index is 1040. The minimum Gasteiger partial charge on any atom is -0.449 e. The summed E-state index contributed by atoms with van der Waals surface area (Å²) in [5, 5.41) is 0. The lowest BCUT2D eigenvalue weighted by Crippen LogP contribution is -2.27. The lowest BCUT2D eigenvalue weighted by atomic mass is 9.86. The van der Waals surface area contributed by atoms with E-state index in [1.807, 2.05) is 6.92 Å². The first-order valence-corrected chi connectivity index (χ1v) is 10.8. The van der Waals surface area contributed by atoms with Crippen molar-refractivity contribution in [2.45, 2.75) is 37.2 Å². The summed E-state index contributed by atoms with van der Waals surface area (Å²) < 4.78 is 48.3. The first kappa shape index (κ1) is 20.1. The molecule has 1 aliphatic rings. The maximum atomic E-state index is 13.5. The van der Waals surface area contributed by atoms with E-state index in [-0.39, 0.29) is 16.4 Å². The molecule has 3 rings (SSSR count). The van der Waals surface area contributed by atoms with Gasteiger partial charge >= 0.3 is 5.97 Å². The molecule has 0 spiro atoms. The molecule has 0 fully saturated rings. The van der Waals surface area contributed by atoms with Gasteiger partial charge in [0.25, 0.3) is 0 Å². The van der Waals surface area contributed by atoms with Crippen molar-refractivity contribution in [3.8, 4) is 5.75 Å². The number of rotatable bonds is 6. The third-order valence-corrected chi connectivity index (χ3v) is 5.70. The van der Waals surface area contributed by atoms with Crippen molar-refractivity contribution < 1.29 is 27.1 Å². The smallest absolute Gasteiger partial charge is 0.375 e. The summed E-state index contributed by atoms with van der Waals surface area (Å²) in [7, 11) is -3.35. The summed E-state index contributed by atoms with van der Waals surface area (Å²) in [6, 6.07) is 11.7. The van der Waals surface area contributed by atoms with Gasteiger partial charge in [0, 0.05) is 12.3 Å². The molecule has 1 heterocycles. The monoisotopic (exact) mass is 404 g/mol. The molecule has 1 aliphatic heterocycles. The van der Waals surface area contributed by atoms with Gasteiger partial charge in [-0.2, -0.15) is 0 Å². The summed E-state index contributed by atoms with van der Waals surface area (Å²) in [4.78, 5) is 12.7. The molecule has 0 amide bonds. The maximum absolute atomic E-state index is 13.5. The van der Waals surface area contributed by atoms with Crippen molar-refractivity contribution in [1.29, 1.82) is 0 Å². The number of carbonyl (C=O) groups excluding carboxylic acids is 1. The lowest BCUT2D eigenvalue weighted by Gasteiger charge is -2.26. The molecule has 0 saturated carbocycles. The lowest BCUT2D eigenvalue weighted by molar-refractivity contribution is -0.147. The highest BCUT2D eigenvalue weighted by molar-refractivity contribution is 7.90. The molecule has 28 heavy (non-hydrogen) atoms. The van der Waals surface area contributed by atoms with Gasteiger partial charge in [0.1, 0.15) is 17.2 Å². The molecule has 2 aromatic rings. The number of sulfone groups is 1. The number of carbonyl (C=O) groups is 1. The van der Waals surface area contributed by atoms with Gasteiger partial charge in [-0.15, -0.1) is 0 Å². The largest absolute Gasteiger partial charge is 0.449 e. The van der Waals surface area contributed by atoms with Crippen LogP contribution in [0.25, 0.3) is 5.57 Å². The summed E-state index contributed by atoms with van der Waals surface area (Å²) in [5.41, 5.74) is 0.199. The molecule has 1 unspecified atom stereocenters. The van der Waals surface area contributed by atoms with E-state index in [0.29, 0.717) is 17.6 Å². The van der Waals surface area contributed by atoms with Crippen LogP contribution in [0.4, 0.5) is 4.39 Å². The summed E-state index contributed by atoms with van der Waals surface area (Å²) >= 11 is 0. The van der Waals surface area contributed by atoms with Crippen LogP contribution in [0.1, 0.15) is 32.3 Å². The molecule has 0 N–H and O–H groups in total. The molecule has 5 nitrogen and oxygen atoms in total. The van der Waals surface area contributed by atoms with Crippen LogP contribution >= 0.6 is 0 Å². The third-order valence-electron chi connectivity index (χ3n) is 4.57. The van der Waals surface area contributed by atoms with E-state index in [9.17, 15) is 17.6 Å². The van der Waals surface area contributed by atoms with Crippen molar-refractivity contribution >= 4 is 21.4 Å². The normalized spacial score (nSPS) is 19.6. The number of hydrogen-bond acceptors (Lipinski definition) is 5. The van der Waals surface area contributed by atoms with Crippen molar-refractivity contribution in [3.63, 3.8) is 0 Å². The van der Waals surface area contributed by atoms with Crippen LogP contribution in [0.15, 0.2) is 59.2 Å². The Kier molecular flexibility index (Phi) is 5.30. The minimum absolute atomic E-state index is 0.0198. The van der Waals surface area contributed by atoms with E-state index in [1.165, 1.54) is 30.3 Å². The molecule has 7 heteroatoms. The molecule has 0 aliphatic carbocycles. The Labute approximate surface area is 163 Å². The van der Waals surface area contributed by atoms with Crippen LogP contribution in [-0.2, 0) is 19.4 Å². The van der Waals surface area contributed by atoms with Gasteiger partial charge in [-0.3, -0.25) is 0 Å². The predicted molar refractivity (Wildman–Crippen MR) is 103 cm³/mol. The van der Waals surface area contributed by atoms with Crippen LogP contribution in [0, 0.1) is 5.82 Å². The molecular formula is C21H21FO5S. The second-order valence-electron chi connectivity index (χ2n) is 6.93. The number of benzene rings is 2. The average molecular weight is 404 g/mol. The van der Waals surface area contributed by atoms with Crippen molar-refractivity contribution in [2.24, 2.45) is 0 Å². The van der Waals surface area contributed by atoms with E-state index < -0.39 is 27.2 Å². The van der Waals surface area contributed by atoms with Crippen LogP contribution in [0.2, 0.25) is 0 Å². The predicted octanol–water partition coefficient (Wildman–Crippen LogP) is 4.13. The topological polar surface area (TPSA) is 69.7 Å². The van der Waals surface area contributed by atoms with Gasteiger partial charge in [-0.05, 0) is 43.2 Å². The summed E-state index contributed by atoms with van der Waals surface area (Å²) in [6.07, 6.45) is 2.43. The standard InChI is InChI=1S/C21H21FO5S/c1-4-12-21(2)18(14-8-10-17(11-9-14)28(3,24)25)19(20(23)27-21)26-16-7-5-6-15(22)13-16/h5-11,13H,4,12H2,1-3H3. The highest BCUT2D eigenvalue weighted by atomic mass is 32.2. The van der Waals surface area contributed by atoms with Crippen LogP contribution in [-0.4, -0.2) is 26.2 Å². The third kappa shape index (κ3) is 3.94. The van der Waals surface area contributed by atoms with Gasteiger partial charge in [0.2, 0.25) is 5.76 Å². The van der Waals surface area contributed by atoms with Crippen molar-refractivity contribution in [2.75, 3.05) is 6.26 Å². The fourth-order valence-electron chi connectivity index (χ4n) is 3.34. The van der Waals surface area contributed by atoms with Gasteiger partial charge in [0.05, 0.1) is 10.5 Å². The summed E-state index contributed by atoms with van der Waals surface area (Å²) in [6.45, 7) is 3.75. The zero-order chi connectivity index (χ0) is 20.5. The van der Waals surface area contributed by atoms with E-state index in [2.05, 4.69) is 0 Å². The minimum atomic E-state index is -3.35. The Morgan fingerprint density at radius 1 is 1.14 bits per heavy atom. The molecule has 0 saturated heterocycles. The zero-order valence-corrected chi connectivity index (χ0v) is 16.7. The molecule has 1 atom stereocenters. The molecule has 0 radical (unpaired) electrons. The van der Waals surface area contributed by atoms with Crippen LogP contribution in [0.3, 0.4) is 0 Å². The molecule has 0 bridgehead atoms. The number of hydrogen-bond donors (Lipinski definition) is 0. The average Bonchev–Trinajstić information content (AvgIpc) is 2.84. The highest BCUT2D eigenvalue weighted by Crippen LogP contribution is 2.43. The van der Waals surface area contributed by atoms with Crippen LogP contribution in [0.5, 0.6) is 5.75 Å². The quantitative estimate of drug-likeness (QED) is 0.677. The van der Waals surface area contributed by atoms with Gasteiger partial charge in [0.15, 0.2) is 9.84 Å². The Morgan fingerprint density at radius 2 is 1.82 bits per heavy atom. The number of halogens is 1. The van der Waals surface area contributed by atoms with E-state index in [0.717, 1.165) is 12.7 Å². The second-order valence-corrected chi connectivity index (χ2v) is 8.95.